The van der Waals surface area contributed by atoms with E-state index in [4.69, 9.17) is 0 Å². The second-order valence-corrected chi connectivity index (χ2v) is 5.57. The maximum absolute atomic E-state index is 3.51. The maximum Gasteiger partial charge on any atom is 0.0113 e. The van der Waals surface area contributed by atoms with Crippen molar-refractivity contribution in [3.8, 4) is 0 Å². The zero-order valence-electron chi connectivity index (χ0n) is 10.9. The van der Waals surface area contributed by atoms with Gasteiger partial charge in [-0.05, 0) is 72.4 Å². The molecular formula is C13H27N3. The average Bonchev–Trinajstić information content (AvgIpc) is 2.57. The minimum atomic E-state index is 0.820. The molecule has 0 aromatic heterocycles. The molecule has 2 rings (SSSR count). The Labute approximate surface area is 100 Å². The number of likely N-dealkylation sites (tertiary alicyclic amines) is 1. The SMILES string of the molecule is CN(C)C1CCN(C2CCCNCC2)CC1. The third-order valence-corrected chi connectivity index (χ3v) is 4.29. The molecule has 0 aliphatic carbocycles. The Hall–Kier alpha value is -0.120. The summed E-state index contributed by atoms with van der Waals surface area (Å²) in [5, 5.41) is 3.51. The summed E-state index contributed by atoms with van der Waals surface area (Å²) < 4.78 is 0. The molecule has 0 aromatic rings. The van der Waals surface area contributed by atoms with E-state index in [9.17, 15) is 0 Å². The first-order valence-corrected chi connectivity index (χ1v) is 6.88. The second-order valence-electron chi connectivity index (χ2n) is 5.57. The van der Waals surface area contributed by atoms with E-state index in [0.29, 0.717) is 0 Å². The highest BCUT2D eigenvalue weighted by Crippen LogP contribution is 2.20. The first-order valence-electron chi connectivity index (χ1n) is 6.88. The van der Waals surface area contributed by atoms with Crippen molar-refractivity contribution in [2.24, 2.45) is 0 Å². The Bertz CT molecular complexity index is 189. The molecule has 1 N–H and O–H groups in total. The summed E-state index contributed by atoms with van der Waals surface area (Å²) in [6, 6.07) is 1.68. The lowest BCUT2D eigenvalue weighted by molar-refractivity contribution is 0.102. The van der Waals surface area contributed by atoms with Gasteiger partial charge >= 0.3 is 0 Å². The van der Waals surface area contributed by atoms with Gasteiger partial charge in [-0.1, -0.05) is 0 Å². The minimum absolute atomic E-state index is 0.820. The van der Waals surface area contributed by atoms with Crippen LogP contribution in [0, 0.1) is 0 Å². The van der Waals surface area contributed by atoms with Crippen LogP contribution in [0.25, 0.3) is 0 Å². The molecule has 2 aliphatic heterocycles. The maximum atomic E-state index is 3.51. The molecule has 1 atom stereocenters. The number of rotatable bonds is 2. The van der Waals surface area contributed by atoms with Gasteiger partial charge in [-0.25, -0.2) is 0 Å². The largest absolute Gasteiger partial charge is 0.317 e. The highest BCUT2D eigenvalue weighted by molar-refractivity contribution is 4.83. The van der Waals surface area contributed by atoms with Crippen LogP contribution in [-0.2, 0) is 0 Å². The molecule has 1 unspecified atom stereocenters. The molecule has 16 heavy (non-hydrogen) atoms. The third kappa shape index (κ3) is 3.19. The van der Waals surface area contributed by atoms with Gasteiger partial charge < -0.3 is 15.1 Å². The van der Waals surface area contributed by atoms with Crippen molar-refractivity contribution in [1.29, 1.82) is 0 Å². The third-order valence-electron chi connectivity index (χ3n) is 4.29. The van der Waals surface area contributed by atoms with Crippen molar-refractivity contribution >= 4 is 0 Å². The molecule has 3 heteroatoms. The summed E-state index contributed by atoms with van der Waals surface area (Å²) in [7, 11) is 4.44. The average molecular weight is 225 g/mol. The Morgan fingerprint density at radius 2 is 1.75 bits per heavy atom. The monoisotopic (exact) mass is 225 g/mol. The van der Waals surface area contributed by atoms with E-state index in [1.807, 2.05) is 0 Å². The zero-order valence-corrected chi connectivity index (χ0v) is 10.9. The molecule has 2 saturated heterocycles. The highest BCUT2D eigenvalue weighted by Gasteiger charge is 2.26. The first-order chi connectivity index (χ1) is 7.77. The van der Waals surface area contributed by atoms with Crippen molar-refractivity contribution < 1.29 is 0 Å². The Morgan fingerprint density at radius 1 is 1.00 bits per heavy atom. The lowest BCUT2D eigenvalue weighted by Gasteiger charge is -2.39. The molecule has 2 aliphatic rings. The molecule has 0 bridgehead atoms. The summed E-state index contributed by atoms with van der Waals surface area (Å²) in [4.78, 5) is 5.14. The molecule has 0 spiro atoms. The topological polar surface area (TPSA) is 18.5 Å². The lowest BCUT2D eigenvalue weighted by Crippen LogP contribution is -2.46. The van der Waals surface area contributed by atoms with Crippen molar-refractivity contribution in [3.05, 3.63) is 0 Å². The number of nitrogens with zero attached hydrogens (tertiary/aromatic N) is 2. The van der Waals surface area contributed by atoms with Crippen LogP contribution in [0.4, 0.5) is 0 Å². The second kappa shape index (κ2) is 5.99. The van der Waals surface area contributed by atoms with Crippen LogP contribution < -0.4 is 5.32 Å². The quantitative estimate of drug-likeness (QED) is 0.761. The minimum Gasteiger partial charge on any atom is -0.317 e. The predicted molar refractivity (Wildman–Crippen MR) is 68.8 cm³/mol. The van der Waals surface area contributed by atoms with Crippen LogP contribution in [0.2, 0.25) is 0 Å². The Balaban J connectivity index is 1.78. The molecule has 94 valence electrons. The van der Waals surface area contributed by atoms with Crippen LogP contribution in [0.1, 0.15) is 32.1 Å². The van der Waals surface area contributed by atoms with Gasteiger partial charge in [0.2, 0.25) is 0 Å². The molecule has 0 amide bonds. The molecule has 0 radical (unpaired) electrons. The van der Waals surface area contributed by atoms with Crippen molar-refractivity contribution in [2.75, 3.05) is 40.3 Å². The number of hydrogen-bond acceptors (Lipinski definition) is 3. The van der Waals surface area contributed by atoms with Gasteiger partial charge in [-0.15, -0.1) is 0 Å². The predicted octanol–water partition coefficient (Wildman–Crippen LogP) is 1.15. The standard InChI is InChI=1S/C13H27N3/c1-15(2)12-6-10-16(11-7-12)13-4-3-8-14-9-5-13/h12-14H,3-11H2,1-2H3. The van der Waals surface area contributed by atoms with E-state index in [1.165, 1.54) is 58.3 Å². The highest BCUT2D eigenvalue weighted by atomic mass is 15.2. The van der Waals surface area contributed by atoms with Gasteiger partial charge in [0, 0.05) is 12.1 Å². The van der Waals surface area contributed by atoms with Gasteiger partial charge in [0.05, 0.1) is 0 Å². The number of piperidine rings is 1. The molecule has 3 nitrogen and oxygen atoms in total. The van der Waals surface area contributed by atoms with Crippen molar-refractivity contribution in [1.82, 2.24) is 15.1 Å². The fraction of sp³-hybridized carbons (Fsp3) is 1.00. The summed E-state index contributed by atoms with van der Waals surface area (Å²) in [5.74, 6) is 0. The van der Waals surface area contributed by atoms with E-state index in [0.717, 1.165) is 12.1 Å². The van der Waals surface area contributed by atoms with E-state index < -0.39 is 0 Å². The van der Waals surface area contributed by atoms with Crippen molar-refractivity contribution in [2.45, 2.75) is 44.2 Å². The van der Waals surface area contributed by atoms with Crippen LogP contribution >= 0.6 is 0 Å². The Kier molecular flexibility index (Phi) is 4.62. The van der Waals surface area contributed by atoms with Gasteiger partial charge in [-0.2, -0.15) is 0 Å². The summed E-state index contributed by atoms with van der Waals surface area (Å²) >= 11 is 0. The molecule has 2 heterocycles. The smallest absolute Gasteiger partial charge is 0.0113 e. The Morgan fingerprint density at radius 3 is 2.44 bits per heavy atom. The molecular weight excluding hydrogens is 198 g/mol. The molecule has 2 fully saturated rings. The summed E-state index contributed by atoms with van der Waals surface area (Å²) in [5.41, 5.74) is 0. The van der Waals surface area contributed by atoms with Crippen LogP contribution in [0.3, 0.4) is 0 Å². The fourth-order valence-corrected chi connectivity index (χ4v) is 3.13. The van der Waals surface area contributed by atoms with Gasteiger partial charge in [-0.3, -0.25) is 0 Å². The zero-order chi connectivity index (χ0) is 11.4. The fourth-order valence-electron chi connectivity index (χ4n) is 3.13. The summed E-state index contributed by atoms with van der Waals surface area (Å²) in [6.45, 7) is 5.07. The van der Waals surface area contributed by atoms with Crippen LogP contribution in [0.15, 0.2) is 0 Å². The van der Waals surface area contributed by atoms with E-state index in [1.54, 1.807) is 0 Å². The molecule has 0 aromatic carbocycles. The number of nitrogens with one attached hydrogen (secondary N) is 1. The first kappa shape index (κ1) is 12.3. The van der Waals surface area contributed by atoms with Crippen LogP contribution in [-0.4, -0.2) is 62.2 Å². The van der Waals surface area contributed by atoms with E-state index >= 15 is 0 Å². The van der Waals surface area contributed by atoms with Crippen LogP contribution in [0.5, 0.6) is 0 Å². The van der Waals surface area contributed by atoms with Gasteiger partial charge in [0.15, 0.2) is 0 Å². The lowest BCUT2D eigenvalue weighted by atomic mass is 9.99. The van der Waals surface area contributed by atoms with Gasteiger partial charge in [0.25, 0.3) is 0 Å². The van der Waals surface area contributed by atoms with Gasteiger partial charge in [0.1, 0.15) is 0 Å². The van der Waals surface area contributed by atoms with E-state index in [2.05, 4.69) is 29.2 Å². The summed E-state index contributed by atoms with van der Waals surface area (Å²) in [6.07, 6.45) is 6.83. The van der Waals surface area contributed by atoms with E-state index in [-0.39, 0.29) is 0 Å². The normalized spacial score (nSPS) is 30.6. The molecule has 0 saturated carbocycles. The number of hydrogen-bond donors (Lipinski definition) is 1. The van der Waals surface area contributed by atoms with Crippen molar-refractivity contribution in [3.63, 3.8) is 0 Å².